The molecule has 1 aromatic carbocycles. The Bertz CT molecular complexity index is 350. The molecule has 0 N–H and O–H groups in total. The Labute approximate surface area is 106 Å². The highest BCUT2D eigenvalue weighted by atomic mass is 79.9. The van der Waals surface area contributed by atoms with Crippen molar-refractivity contribution in [3.05, 3.63) is 29.3 Å². The Balaban J connectivity index is 2.92. The minimum Gasteiger partial charge on any atom is -0.496 e. The number of hydrogen-bond donors (Lipinski definition) is 0. The number of hydrogen-bond acceptors (Lipinski definition) is 2. The normalized spacial score (nSPS) is 10.1. The van der Waals surface area contributed by atoms with Gasteiger partial charge in [0.15, 0.2) is 0 Å². The summed E-state index contributed by atoms with van der Waals surface area (Å²) in [4.78, 5) is 11.3. The van der Waals surface area contributed by atoms with E-state index in [1.165, 1.54) is 0 Å². The highest BCUT2D eigenvalue weighted by Crippen LogP contribution is 2.22. The highest BCUT2D eigenvalue weighted by Gasteiger charge is 2.08. The Kier molecular flexibility index (Phi) is 5.32. The average Bonchev–Trinajstić information content (AvgIpc) is 2.29. The number of halogens is 2. The van der Waals surface area contributed by atoms with Crippen LogP contribution in [0.1, 0.15) is 11.1 Å². The molecular weight excluding hydrogens is 324 g/mol. The molecule has 0 atom stereocenters. The van der Waals surface area contributed by atoms with Crippen LogP contribution in [0.2, 0.25) is 0 Å². The van der Waals surface area contributed by atoms with Gasteiger partial charge in [-0.25, -0.2) is 0 Å². The van der Waals surface area contributed by atoms with Crippen molar-refractivity contribution in [2.45, 2.75) is 11.8 Å². The fraction of sp³-hybridized carbons (Fsp3) is 0.364. The molecule has 0 heterocycles. The molecule has 2 nitrogen and oxygen atoms in total. The first-order valence-electron chi connectivity index (χ1n) is 4.50. The smallest absolute Gasteiger partial charge is 0.147 e. The Morgan fingerprint density at radius 3 is 2.67 bits per heavy atom. The summed E-state index contributed by atoms with van der Waals surface area (Å²) in [5.41, 5.74) is 2.08. The number of carbonyl (C=O) groups is 1. The maximum atomic E-state index is 11.3. The van der Waals surface area contributed by atoms with Crippen LogP contribution in [0.4, 0.5) is 0 Å². The van der Waals surface area contributed by atoms with Crippen molar-refractivity contribution in [2.24, 2.45) is 0 Å². The zero-order valence-electron chi connectivity index (χ0n) is 8.43. The molecule has 0 radical (unpaired) electrons. The summed E-state index contributed by atoms with van der Waals surface area (Å²) in [6.07, 6.45) is 0.414. The molecule has 0 aliphatic carbocycles. The van der Waals surface area contributed by atoms with E-state index in [0.717, 1.165) is 22.2 Å². The molecule has 0 saturated heterocycles. The SMILES string of the molecule is COc1cc(CBr)ccc1CC(=O)CBr. The van der Waals surface area contributed by atoms with Crippen LogP contribution < -0.4 is 4.74 Å². The standard InChI is InChI=1S/C11H12Br2O2/c1-15-11-4-8(6-12)2-3-9(11)5-10(14)7-13/h2-4H,5-7H2,1H3. The van der Waals surface area contributed by atoms with Crippen molar-refractivity contribution in [3.8, 4) is 5.75 Å². The van der Waals surface area contributed by atoms with Gasteiger partial charge in [-0.05, 0) is 11.6 Å². The predicted molar refractivity (Wildman–Crippen MR) is 68.1 cm³/mol. The van der Waals surface area contributed by atoms with Gasteiger partial charge in [0.05, 0.1) is 12.4 Å². The molecule has 15 heavy (non-hydrogen) atoms. The van der Waals surface area contributed by atoms with Gasteiger partial charge in [-0.3, -0.25) is 4.79 Å². The molecule has 0 fully saturated rings. The summed E-state index contributed by atoms with van der Waals surface area (Å²) in [5.74, 6) is 0.932. The van der Waals surface area contributed by atoms with E-state index in [2.05, 4.69) is 31.9 Å². The van der Waals surface area contributed by atoms with Crippen LogP contribution in [0.3, 0.4) is 0 Å². The Hall–Kier alpha value is -0.350. The van der Waals surface area contributed by atoms with E-state index in [4.69, 9.17) is 4.74 Å². The number of rotatable bonds is 5. The zero-order valence-corrected chi connectivity index (χ0v) is 11.6. The summed E-state index contributed by atoms with van der Waals surface area (Å²) >= 11 is 6.53. The van der Waals surface area contributed by atoms with Gasteiger partial charge in [-0.15, -0.1) is 0 Å². The summed E-state index contributed by atoms with van der Waals surface area (Å²) in [7, 11) is 1.62. The van der Waals surface area contributed by atoms with Crippen LogP contribution >= 0.6 is 31.9 Å². The van der Waals surface area contributed by atoms with E-state index >= 15 is 0 Å². The summed E-state index contributed by atoms with van der Waals surface area (Å²) in [6, 6.07) is 5.88. The molecule has 0 spiro atoms. The lowest BCUT2D eigenvalue weighted by atomic mass is 10.1. The number of ketones is 1. The van der Waals surface area contributed by atoms with E-state index in [9.17, 15) is 4.79 Å². The van der Waals surface area contributed by atoms with E-state index in [1.54, 1.807) is 7.11 Å². The first-order valence-corrected chi connectivity index (χ1v) is 6.75. The number of alkyl halides is 2. The van der Waals surface area contributed by atoms with Crippen molar-refractivity contribution in [3.63, 3.8) is 0 Å². The Morgan fingerprint density at radius 1 is 1.40 bits per heavy atom. The quantitative estimate of drug-likeness (QED) is 0.773. The molecule has 4 heteroatoms. The number of Topliss-reactive ketones (excluding diaryl/α,β-unsaturated/α-hetero) is 1. The van der Waals surface area contributed by atoms with Crippen LogP contribution in [0.25, 0.3) is 0 Å². The molecule has 0 saturated carbocycles. The van der Waals surface area contributed by atoms with Gasteiger partial charge in [0.2, 0.25) is 0 Å². The Morgan fingerprint density at radius 2 is 2.13 bits per heavy atom. The molecule has 0 bridgehead atoms. The van der Waals surface area contributed by atoms with Crippen LogP contribution in [-0.2, 0) is 16.5 Å². The van der Waals surface area contributed by atoms with E-state index < -0.39 is 0 Å². The molecule has 0 aliphatic heterocycles. The van der Waals surface area contributed by atoms with Crippen LogP contribution in [0.15, 0.2) is 18.2 Å². The van der Waals surface area contributed by atoms with E-state index in [-0.39, 0.29) is 5.78 Å². The number of carbonyl (C=O) groups excluding carboxylic acids is 1. The van der Waals surface area contributed by atoms with Crippen molar-refractivity contribution < 1.29 is 9.53 Å². The van der Waals surface area contributed by atoms with Gasteiger partial charge in [0.25, 0.3) is 0 Å². The van der Waals surface area contributed by atoms with Gasteiger partial charge in [-0.1, -0.05) is 44.0 Å². The van der Waals surface area contributed by atoms with Crippen LogP contribution in [-0.4, -0.2) is 18.2 Å². The maximum Gasteiger partial charge on any atom is 0.147 e. The third kappa shape index (κ3) is 3.61. The van der Waals surface area contributed by atoms with Crippen LogP contribution in [0.5, 0.6) is 5.75 Å². The maximum absolute atomic E-state index is 11.3. The second-order valence-corrected chi connectivity index (χ2v) is 4.25. The molecule has 0 aromatic heterocycles. The second-order valence-electron chi connectivity index (χ2n) is 3.13. The molecule has 82 valence electrons. The van der Waals surface area contributed by atoms with Gasteiger partial charge < -0.3 is 4.74 Å². The lowest BCUT2D eigenvalue weighted by Crippen LogP contribution is -2.05. The fourth-order valence-electron chi connectivity index (χ4n) is 1.28. The number of benzene rings is 1. The third-order valence-electron chi connectivity index (χ3n) is 2.04. The van der Waals surface area contributed by atoms with Crippen molar-refractivity contribution in [2.75, 3.05) is 12.4 Å². The third-order valence-corrected chi connectivity index (χ3v) is 3.32. The number of methoxy groups -OCH3 is 1. The minimum atomic E-state index is 0.153. The average molecular weight is 336 g/mol. The van der Waals surface area contributed by atoms with Crippen molar-refractivity contribution in [1.82, 2.24) is 0 Å². The van der Waals surface area contributed by atoms with Crippen LogP contribution in [0, 0.1) is 0 Å². The summed E-state index contributed by atoms with van der Waals surface area (Å²) < 4.78 is 5.24. The summed E-state index contributed by atoms with van der Waals surface area (Å²) in [6.45, 7) is 0. The molecular formula is C11H12Br2O2. The van der Waals surface area contributed by atoms with E-state index in [0.29, 0.717) is 11.8 Å². The first-order chi connectivity index (χ1) is 7.21. The minimum absolute atomic E-state index is 0.153. The lowest BCUT2D eigenvalue weighted by molar-refractivity contribution is -0.115. The number of ether oxygens (including phenoxy) is 1. The topological polar surface area (TPSA) is 26.3 Å². The van der Waals surface area contributed by atoms with Crippen molar-refractivity contribution in [1.29, 1.82) is 0 Å². The highest BCUT2D eigenvalue weighted by molar-refractivity contribution is 9.09. The summed E-state index contributed by atoms with van der Waals surface area (Å²) in [5, 5.41) is 1.17. The van der Waals surface area contributed by atoms with Gasteiger partial charge in [-0.2, -0.15) is 0 Å². The van der Waals surface area contributed by atoms with Gasteiger partial charge >= 0.3 is 0 Å². The molecule has 0 amide bonds. The second kappa shape index (κ2) is 6.28. The fourth-order valence-corrected chi connectivity index (χ4v) is 1.82. The predicted octanol–water partition coefficient (Wildman–Crippen LogP) is 3.10. The van der Waals surface area contributed by atoms with E-state index in [1.807, 2.05) is 18.2 Å². The first kappa shape index (κ1) is 12.7. The van der Waals surface area contributed by atoms with Gasteiger partial charge in [0, 0.05) is 17.3 Å². The van der Waals surface area contributed by atoms with Crippen molar-refractivity contribution >= 4 is 37.6 Å². The molecule has 1 rings (SSSR count). The molecule has 0 unspecified atom stereocenters. The lowest BCUT2D eigenvalue weighted by Gasteiger charge is -2.08. The zero-order chi connectivity index (χ0) is 11.3. The molecule has 1 aromatic rings. The largest absolute Gasteiger partial charge is 0.496 e. The van der Waals surface area contributed by atoms with Gasteiger partial charge in [0.1, 0.15) is 11.5 Å². The molecule has 0 aliphatic rings. The monoisotopic (exact) mass is 334 g/mol.